The number of alkyl halides is 3. The predicted molar refractivity (Wildman–Crippen MR) is 80.2 cm³/mol. The van der Waals surface area contributed by atoms with Crippen molar-refractivity contribution in [2.75, 3.05) is 6.54 Å². The smallest absolute Gasteiger partial charge is 0.313 e. The van der Waals surface area contributed by atoms with Crippen molar-refractivity contribution >= 4 is 0 Å². The summed E-state index contributed by atoms with van der Waals surface area (Å²) in [6, 6.07) is 0.0807. The van der Waals surface area contributed by atoms with Crippen LogP contribution < -0.4 is 5.32 Å². The van der Waals surface area contributed by atoms with Gasteiger partial charge in [0.05, 0.1) is 5.92 Å². The minimum atomic E-state index is -4.02. The van der Waals surface area contributed by atoms with Crippen LogP contribution in [0.25, 0.3) is 0 Å². The SMILES string of the molecule is CCCNC(C1CCCCC1)C1CCCCC1C(F)(F)F. The van der Waals surface area contributed by atoms with Crippen LogP contribution in [0.4, 0.5) is 13.2 Å². The van der Waals surface area contributed by atoms with Gasteiger partial charge in [0.2, 0.25) is 0 Å². The second kappa shape index (κ2) is 7.85. The summed E-state index contributed by atoms with van der Waals surface area (Å²) in [5.74, 6) is -0.825. The molecule has 0 spiro atoms. The van der Waals surface area contributed by atoms with Crippen LogP contribution in [0.3, 0.4) is 0 Å². The van der Waals surface area contributed by atoms with Gasteiger partial charge < -0.3 is 5.32 Å². The lowest BCUT2D eigenvalue weighted by Gasteiger charge is -2.43. The molecule has 2 saturated carbocycles. The second-order valence-electron chi connectivity index (χ2n) is 6.97. The summed E-state index contributed by atoms with van der Waals surface area (Å²) in [5, 5.41) is 3.51. The monoisotopic (exact) mass is 305 g/mol. The van der Waals surface area contributed by atoms with E-state index >= 15 is 0 Å². The predicted octanol–water partition coefficient (Wildman–Crippen LogP) is 5.30. The molecule has 2 aliphatic carbocycles. The minimum Gasteiger partial charge on any atom is -0.313 e. The number of rotatable bonds is 5. The third-order valence-corrected chi connectivity index (χ3v) is 5.49. The van der Waals surface area contributed by atoms with Crippen LogP contribution in [-0.2, 0) is 0 Å². The van der Waals surface area contributed by atoms with E-state index in [0.717, 1.165) is 45.1 Å². The Kier molecular flexibility index (Phi) is 6.39. The lowest BCUT2D eigenvalue weighted by molar-refractivity contribution is -0.201. The fraction of sp³-hybridized carbons (Fsp3) is 1.00. The van der Waals surface area contributed by atoms with Crippen LogP contribution in [0.5, 0.6) is 0 Å². The Morgan fingerprint density at radius 2 is 1.57 bits per heavy atom. The molecule has 1 N–H and O–H groups in total. The fourth-order valence-corrected chi connectivity index (χ4v) is 4.47. The van der Waals surface area contributed by atoms with Gasteiger partial charge in [-0.2, -0.15) is 13.2 Å². The van der Waals surface area contributed by atoms with Crippen molar-refractivity contribution in [3.63, 3.8) is 0 Å². The molecular formula is C17H30F3N. The van der Waals surface area contributed by atoms with E-state index in [1.807, 2.05) is 0 Å². The van der Waals surface area contributed by atoms with Crippen molar-refractivity contribution in [1.29, 1.82) is 0 Å². The summed E-state index contributed by atoms with van der Waals surface area (Å²) in [4.78, 5) is 0. The van der Waals surface area contributed by atoms with Crippen molar-refractivity contribution in [3.8, 4) is 0 Å². The first kappa shape index (κ1) is 17.1. The third-order valence-electron chi connectivity index (χ3n) is 5.49. The lowest BCUT2D eigenvalue weighted by Crippen LogP contribution is -2.50. The fourth-order valence-electron chi connectivity index (χ4n) is 4.47. The average molecular weight is 305 g/mol. The Bertz CT molecular complexity index is 297. The molecule has 0 aromatic heterocycles. The summed E-state index contributed by atoms with van der Waals surface area (Å²) >= 11 is 0. The molecule has 0 bridgehead atoms. The number of hydrogen-bond acceptors (Lipinski definition) is 1. The van der Waals surface area contributed by atoms with Gasteiger partial charge in [0.25, 0.3) is 0 Å². The van der Waals surface area contributed by atoms with Gasteiger partial charge in [-0.3, -0.25) is 0 Å². The molecular weight excluding hydrogens is 275 g/mol. The Hall–Kier alpha value is -0.250. The maximum absolute atomic E-state index is 13.4. The number of nitrogens with one attached hydrogen (secondary N) is 1. The van der Waals surface area contributed by atoms with Crippen LogP contribution in [-0.4, -0.2) is 18.8 Å². The van der Waals surface area contributed by atoms with Gasteiger partial charge in [-0.1, -0.05) is 39.0 Å². The van der Waals surface area contributed by atoms with Crippen molar-refractivity contribution in [3.05, 3.63) is 0 Å². The normalized spacial score (nSPS) is 30.3. The molecule has 2 rings (SSSR count). The first-order chi connectivity index (χ1) is 10.0. The summed E-state index contributed by atoms with van der Waals surface area (Å²) in [5.41, 5.74) is 0. The highest BCUT2D eigenvalue weighted by molar-refractivity contribution is 4.92. The average Bonchev–Trinajstić information content (AvgIpc) is 2.48. The summed E-state index contributed by atoms with van der Waals surface area (Å²) in [6.07, 6.45) is 5.64. The zero-order valence-electron chi connectivity index (χ0n) is 13.2. The van der Waals surface area contributed by atoms with E-state index in [4.69, 9.17) is 0 Å². The topological polar surface area (TPSA) is 12.0 Å². The largest absolute Gasteiger partial charge is 0.392 e. The van der Waals surface area contributed by atoms with Crippen molar-refractivity contribution < 1.29 is 13.2 Å². The van der Waals surface area contributed by atoms with Crippen LogP contribution in [0, 0.1) is 17.8 Å². The highest BCUT2D eigenvalue weighted by Gasteiger charge is 2.48. The van der Waals surface area contributed by atoms with Gasteiger partial charge in [-0.25, -0.2) is 0 Å². The molecule has 21 heavy (non-hydrogen) atoms. The molecule has 0 aliphatic heterocycles. The third kappa shape index (κ3) is 4.61. The Balaban J connectivity index is 2.11. The van der Waals surface area contributed by atoms with Crippen LogP contribution in [0.2, 0.25) is 0 Å². The van der Waals surface area contributed by atoms with Crippen LogP contribution in [0.15, 0.2) is 0 Å². The molecule has 2 aliphatic rings. The van der Waals surface area contributed by atoms with Gasteiger partial charge >= 0.3 is 6.18 Å². The van der Waals surface area contributed by atoms with Crippen molar-refractivity contribution in [1.82, 2.24) is 5.32 Å². The zero-order chi connectivity index (χ0) is 15.3. The number of halogens is 3. The van der Waals surface area contributed by atoms with E-state index in [2.05, 4.69) is 12.2 Å². The molecule has 3 atom stereocenters. The minimum absolute atomic E-state index is 0.0807. The van der Waals surface area contributed by atoms with E-state index in [0.29, 0.717) is 12.3 Å². The Morgan fingerprint density at radius 3 is 2.19 bits per heavy atom. The molecule has 0 aromatic rings. The van der Waals surface area contributed by atoms with E-state index in [1.54, 1.807) is 0 Å². The van der Waals surface area contributed by atoms with E-state index in [-0.39, 0.29) is 12.0 Å². The van der Waals surface area contributed by atoms with E-state index in [9.17, 15) is 13.2 Å². The molecule has 4 heteroatoms. The van der Waals surface area contributed by atoms with E-state index in [1.165, 1.54) is 19.3 Å². The second-order valence-corrected chi connectivity index (χ2v) is 6.97. The molecule has 2 fully saturated rings. The first-order valence-corrected chi connectivity index (χ1v) is 8.84. The zero-order valence-corrected chi connectivity index (χ0v) is 13.2. The molecule has 1 nitrogen and oxygen atoms in total. The molecule has 124 valence electrons. The number of hydrogen-bond donors (Lipinski definition) is 1. The first-order valence-electron chi connectivity index (χ1n) is 8.84. The van der Waals surface area contributed by atoms with Crippen molar-refractivity contribution in [2.24, 2.45) is 17.8 Å². The van der Waals surface area contributed by atoms with Gasteiger partial charge in [0, 0.05) is 6.04 Å². The molecule has 0 amide bonds. The summed E-state index contributed by atoms with van der Waals surface area (Å²) in [6.45, 7) is 2.94. The van der Waals surface area contributed by atoms with Crippen molar-refractivity contribution in [2.45, 2.75) is 83.4 Å². The van der Waals surface area contributed by atoms with E-state index < -0.39 is 12.1 Å². The molecule has 0 heterocycles. The highest BCUT2D eigenvalue weighted by Crippen LogP contribution is 2.45. The Labute approximate surface area is 127 Å². The summed E-state index contributed by atoms with van der Waals surface area (Å²) < 4.78 is 40.2. The standard InChI is InChI=1S/C17H30F3N/c1-2-12-21-16(13-8-4-3-5-9-13)14-10-6-7-11-15(14)17(18,19)20/h13-16,21H,2-12H2,1H3. The summed E-state index contributed by atoms with van der Waals surface area (Å²) in [7, 11) is 0. The van der Waals surface area contributed by atoms with Crippen LogP contribution in [0.1, 0.15) is 71.1 Å². The maximum atomic E-state index is 13.4. The van der Waals surface area contributed by atoms with Gasteiger partial charge in [-0.05, 0) is 50.5 Å². The Morgan fingerprint density at radius 1 is 0.952 bits per heavy atom. The van der Waals surface area contributed by atoms with Gasteiger partial charge in [-0.15, -0.1) is 0 Å². The molecule has 0 aromatic carbocycles. The lowest BCUT2D eigenvalue weighted by atomic mass is 9.68. The maximum Gasteiger partial charge on any atom is 0.392 e. The van der Waals surface area contributed by atoms with Gasteiger partial charge in [0.15, 0.2) is 0 Å². The quantitative estimate of drug-likeness (QED) is 0.726. The molecule has 0 radical (unpaired) electrons. The molecule has 3 unspecified atom stereocenters. The highest BCUT2D eigenvalue weighted by atomic mass is 19.4. The van der Waals surface area contributed by atoms with Crippen LogP contribution >= 0.6 is 0 Å². The molecule has 0 saturated heterocycles. The van der Waals surface area contributed by atoms with Gasteiger partial charge in [0.1, 0.15) is 0 Å².